The molecule has 0 aliphatic rings. The van der Waals surface area contributed by atoms with Crippen LogP contribution in [0.5, 0.6) is 0 Å². The van der Waals surface area contributed by atoms with E-state index in [1.165, 1.54) is 13.0 Å². The number of carbonyl (C=O) groups is 1. The van der Waals surface area contributed by atoms with Gasteiger partial charge in [0.1, 0.15) is 4.60 Å². The predicted molar refractivity (Wildman–Crippen MR) is 62.0 cm³/mol. The molecule has 0 N–H and O–H groups in total. The van der Waals surface area contributed by atoms with Crippen molar-refractivity contribution in [2.75, 3.05) is 6.61 Å². The molecular weight excluding hydrogens is 296 g/mol. The van der Waals surface area contributed by atoms with Gasteiger partial charge < -0.3 is 4.74 Å². The molecule has 0 unspecified atom stereocenters. The molecule has 0 saturated heterocycles. The summed E-state index contributed by atoms with van der Waals surface area (Å²) in [5.41, 5.74) is 0.524. The van der Waals surface area contributed by atoms with Crippen molar-refractivity contribution in [3.05, 3.63) is 27.5 Å². The fraction of sp³-hybridized carbons (Fsp3) is 0.455. The Labute approximate surface area is 106 Å². The number of rotatable bonds is 4. The topological polar surface area (TPSA) is 39.2 Å². The molecule has 0 aromatic carbocycles. The number of hydrogen-bond acceptors (Lipinski definition) is 3. The van der Waals surface area contributed by atoms with Crippen LogP contribution in [-0.4, -0.2) is 17.6 Å². The van der Waals surface area contributed by atoms with Crippen LogP contribution in [0.25, 0.3) is 0 Å². The Morgan fingerprint density at radius 3 is 2.76 bits per heavy atom. The fourth-order valence-corrected chi connectivity index (χ4v) is 1.86. The molecule has 0 fully saturated rings. The minimum Gasteiger partial charge on any atom is -0.466 e. The van der Waals surface area contributed by atoms with E-state index in [0.29, 0.717) is 11.3 Å². The predicted octanol–water partition coefficient (Wildman–Crippen LogP) is 3.20. The van der Waals surface area contributed by atoms with Crippen molar-refractivity contribution in [1.29, 1.82) is 0 Å². The van der Waals surface area contributed by atoms with E-state index in [9.17, 15) is 13.6 Å². The van der Waals surface area contributed by atoms with Crippen LogP contribution in [0.15, 0.2) is 10.7 Å². The van der Waals surface area contributed by atoms with Crippen molar-refractivity contribution in [2.45, 2.75) is 26.7 Å². The van der Waals surface area contributed by atoms with Crippen molar-refractivity contribution < 1.29 is 18.3 Å². The highest BCUT2D eigenvalue weighted by Crippen LogP contribution is 2.27. The largest absolute Gasteiger partial charge is 0.466 e. The van der Waals surface area contributed by atoms with E-state index in [2.05, 4.69) is 20.9 Å². The first kappa shape index (κ1) is 14.0. The lowest BCUT2D eigenvalue weighted by Gasteiger charge is -2.10. The van der Waals surface area contributed by atoms with E-state index in [1.807, 2.05) is 0 Å². The van der Waals surface area contributed by atoms with Crippen LogP contribution in [0.3, 0.4) is 0 Å². The summed E-state index contributed by atoms with van der Waals surface area (Å²) < 4.78 is 30.5. The molecule has 1 rings (SSSR count). The Morgan fingerprint density at radius 2 is 2.24 bits per heavy atom. The summed E-state index contributed by atoms with van der Waals surface area (Å²) in [4.78, 5) is 15.3. The maximum Gasteiger partial charge on any atom is 0.311 e. The third-order valence-electron chi connectivity index (χ3n) is 2.23. The first-order chi connectivity index (χ1) is 7.95. The molecule has 0 aliphatic carbocycles. The summed E-state index contributed by atoms with van der Waals surface area (Å²) in [6.07, 6.45) is -2.69. The van der Waals surface area contributed by atoms with Crippen molar-refractivity contribution in [3.63, 3.8) is 0 Å². The van der Waals surface area contributed by atoms with E-state index in [0.717, 1.165) is 0 Å². The van der Waals surface area contributed by atoms with Gasteiger partial charge in [0.05, 0.1) is 18.7 Å². The quantitative estimate of drug-likeness (QED) is 0.633. The number of nitrogens with zero attached hydrogens (tertiary/aromatic N) is 1. The smallest absolute Gasteiger partial charge is 0.311 e. The van der Waals surface area contributed by atoms with Crippen LogP contribution < -0.4 is 0 Å². The van der Waals surface area contributed by atoms with E-state index in [1.54, 1.807) is 6.92 Å². The van der Waals surface area contributed by atoms with E-state index in [4.69, 9.17) is 4.74 Å². The molecule has 1 aromatic heterocycles. The first-order valence-electron chi connectivity index (χ1n) is 5.05. The monoisotopic (exact) mass is 307 g/mol. The minimum atomic E-state index is -2.59. The van der Waals surface area contributed by atoms with Crippen LogP contribution in [0, 0.1) is 6.92 Å². The van der Waals surface area contributed by atoms with Crippen LogP contribution in [0.2, 0.25) is 0 Å². The molecule has 1 aromatic rings. The number of ether oxygens (including phenoxy) is 1. The van der Waals surface area contributed by atoms with Gasteiger partial charge in [-0.1, -0.05) is 0 Å². The molecule has 17 heavy (non-hydrogen) atoms. The maximum absolute atomic E-state index is 12.7. The van der Waals surface area contributed by atoms with Gasteiger partial charge in [-0.3, -0.25) is 4.79 Å². The van der Waals surface area contributed by atoms with Crippen molar-refractivity contribution in [1.82, 2.24) is 4.98 Å². The lowest BCUT2D eigenvalue weighted by atomic mass is 10.1. The van der Waals surface area contributed by atoms with Gasteiger partial charge in [0, 0.05) is 5.56 Å². The average Bonchev–Trinajstić information content (AvgIpc) is 2.22. The minimum absolute atomic E-state index is 0.0984. The third kappa shape index (κ3) is 3.73. The first-order valence-corrected chi connectivity index (χ1v) is 5.84. The van der Waals surface area contributed by atoms with Gasteiger partial charge in [-0.25, -0.2) is 13.8 Å². The normalized spacial score (nSPS) is 10.7. The summed E-state index contributed by atoms with van der Waals surface area (Å²) >= 11 is 3.05. The number of halogens is 3. The zero-order chi connectivity index (χ0) is 13.0. The summed E-state index contributed by atoms with van der Waals surface area (Å²) in [5, 5.41) is 0. The Morgan fingerprint density at radius 1 is 1.59 bits per heavy atom. The highest BCUT2D eigenvalue weighted by Gasteiger charge is 2.17. The lowest BCUT2D eigenvalue weighted by Crippen LogP contribution is -2.11. The molecule has 0 radical (unpaired) electrons. The van der Waals surface area contributed by atoms with Crippen LogP contribution in [0.1, 0.15) is 30.2 Å². The maximum atomic E-state index is 12.7. The van der Waals surface area contributed by atoms with E-state index < -0.39 is 12.4 Å². The van der Waals surface area contributed by atoms with Gasteiger partial charge in [-0.05, 0) is 41.4 Å². The molecule has 3 nitrogen and oxygen atoms in total. The zero-order valence-electron chi connectivity index (χ0n) is 9.47. The number of esters is 1. The highest BCUT2D eigenvalue weighted by atomic mass is 79.9. The molecule has 94 valence electrons. The van der Waals surface area contributed by atoms with Gasteiger partial charge >= 0.3 is 5.97 Å². The van der Waals surface area contributed by atoms with Gasteiger partial charge in [-0.2, -0.15) is 0 Å². The van der Waals surface area contributed by atoms with E-state index in [-0.39, 0.29) is 23.2 Å². The second kappa shape index (κ2) is 6.05. The molecule has 0 bridgehead atoms. The van der Waals surface area contributed by atoms with Gasteiger partial charge in [0.15, 0.2) is 0 Å². The highest BCUT2D eigenvalue weighted by molar-refractivity contribution is 9.10. The molecule has 0 spiro atoms. The summed E-state index contributed by atoms with van der Waals surface area (Å²) in [6, 6.07) is 1.26. The van der Waals surface area contributed by atoms with Crippen molar-refractivity contribution in [3.8, 4) is 0 Å². The zero-order valence-corrected chi connectivity index (χ0v) is 11.1. The van der Waals surface area contributed by atoms with Gasteiger partial charge in [0.2, 0.25) is 0 Å². The molecule has 0 saturated carbocycles. The number of alkyl halides is 2. The Hall–Kier alpha value is -1.04. The Bertz CT molecular complexity index is 424. The second-order valence-electron chi connectivity index (χ2n) is 3.39. The standard InChI is InChI=1S/C11H12BrF2NO2/c1-3-17-10(16)5-8-6(2)7(11(13)14)4-9(12)15-8/h4,11H,3,5H2,1-2H3. The SMILES string of the molecule is CCOC(=O)Cc1nc(Br)cc(C(F)F)c1C. The second-order valence-corrected chi connectivity index (χ2v) is 4.20. The van der Waals surface area contributed by atoms with Crippen molar-refractivity contribution in [2.24, 2.45) is 0 Å². The molecular formula is C11H12BrF2NO2. The van der Waals surface area contributed by atoms with Crippen LogP contribution in [0.4, 0.5) is 8.78 Å². The summed E-state index contributed by atoms with van der Waals surface area (Å²) in [6.45, 7) is 3.47. The number of pyridine rings is 1. The number of aromatic nitrogens is 1. The van der Waals surface area contributed by atoms with Gasteiger partial charge in [-0.15, -0.1) is 0 Å². The van der Waals surface area contributed by atoms with Crippen LogP contribution in [-0.2, 0) is 16.0 Å². The molecule has 0 aliphatic heterocycles. The lowest BCUT2D eigenvalue weighted by molar-refractivity contribution is -0.142. The number of carbonyl (C=O) groups excluding carboxylic acids is 1. The molecule has 0 amide bonds. The fourth-order valence-electron chi connectivity index (χ4n) is 1.40. The van der Waals surface area contributed by atoms with Gasteiger partial charge in [0.25, 0.3) is 6.43 Å². The third-order valence-corrected chi connectivity index (χ3v) is 2.64. The van der Waals surface area contributed by atoms with Crippen LogP contribution >= 0.6 is 15.9 Å². The molecule has 6 heteroatoms. The van der Waals surface area contributed by atoms with Crippen molar-refractivity contribution >= 4 is 21.9 Å². The summed E-state index contributed by atoms with van der Waals surface area (Å²) in [5.74, 6) is -0.471. The molecule has 1 heterocycles. The average molecular weight is 308 g/mol. The number of hydrogen-bond donors (Lipinski definition) is 0. The van der Waals surface area contributed by atoms with E-state index >= 15 is 0 Å². The Kier molecular flexibility index (Phi) is 4.99. The molecule has 0 atom stereocenters. The Balaban J connectivity index is 3.03. The summed E-state index contributed by atoms with van der Waals surface area (Å²) in [7, 11) is 0.